The molecule has 2 N–H and O–H groups in total. The van der Waals surface area contributed by atoms with Gasteiger partial charge in [-0.15, -0.1) is 0 Å². The summed E-state index contributed by atoms with van der Waals surface area (Å²) in [5, 5.41) is 0. The Hall–Kier alpha value is -0.840. The molecular weight excluding hydrogens is 227 g/mol. The van der Waals surface area contributed by atoms with Crippen LogP contribution in [-0.4, -0.2) is 11.6 Å². The second-order valence-corrected chi connectivity index (χ2v) is 3.29. The fourth-order valence-corrected chi connectivity index (χ4v) is 1.70. The normalized spacial score (nSPS) is 14.2. The third-order valence-electron chi connectivity index (χ3n) is 1.72. The molecule has 0 saturated heterocycles. The molecule has 1 aliphatic rings. The van der Waals surface area contributed by atoms with Crippen molar-refractivity contribution in [2.45, 2.75) is 6.42 Å². The lowest BCUT2D eigenvalue weighted by Gasteiger charge is -2.03. The first kappa shape index (κ1) is 7.79. The van der Waals surface area contributed by atoms with E-state index in [0.29, 0.717) is 18.8 Å². The number of nitrogens with two attached hydrogens (primary N) is 1. The summed E-state index contributed by atoms with van der Waals surface area (Å²) >= 11 is 3.06. The summed E-state index contributed by atoms with van der Waals surface area (Å²) in [4.78, 5) is 3.86. The van der Waals surface area contributed by atoms with E-state index in [4.69, 9.17) is 10.5 Å². The van der Waals surface area contributed by atoms with Crippen LogP contribution in [0.3, 0.4) is 0 Å². The van der Waals surface area contributed by atoms with Gasteiger partial charge in [-0.05, 0) is 15.9 Å². The molecule has 12 heavy (non-hydrogen) atoms. The first-order chi connectivity index (χ1) is 5.70. The van der Waals surface area contributed by atoms with Gasteiger partial charge in [0.2, 0.25) is 0 Å². The highest BCUT2D eigenvalue weighted by molar-refractivity contribution is 9.10. The summed E-state index contributed by atoms with van der Waals surface area (Å²) in [5.74, 6) is -0.136. The van der Waals surface area contributed by atoms with Crippen LogP contribution in [0.4, 0.5) is 10.2 Å². The molecule has 0 unspecified atom stereocenters. The number of pyridine rings is 1. The Morgan fingerprint density at radius 2 is 2.33 bits per heavy atom. The summed E-state index contributed by atoms with van der Waals surface area (Å²) in [6, 6.07) is 0. The van der Waals surface area contributed by atoms with Gasteiger partial charge in [0, 0.05) is 6.42 Å². The number of hydrogen-bond donors (Lipinski definition) is 1. The Morgan fingerprint density at radius 3 is 3.08 bits per heavy atom. The van der Waals surface area contributed by atoms with Crippen LogP contribution >= 0.6 is 15.9 Å². The fourth-order valence-electron chi connectivity index (χ4n) is 1.15. The minimum atomic E-state index is -0.546. The van der Waals surface area contributed by atoms with Crippen LogP contribution in [0, 0.1) is 5.82 Å². The van der Waals surface area contributed by atoms with E-state index >= 15 is 0 Å². The Bertz CT molecular complexity index is 343. The molecule has 1 aromatic rings. The number of nitrogen functional groups attached to an aromatic ring is 1. The monoisotopic (exact) mass is 232 g/mol. The van der Waals surface area contributed by atoms with Gasteiger partial charge in [0.1, 0.15) is 4.47 Å². The maximum atomic E-state index is 13.1. The van der Waals surface area contributed by atoms with Gasteiger partial charge in [0.15, 0.2) is 17.4 Å². The molecule has 2 heterocycles. The first-order valence-corrected chi connectivity index (χ1v) is 4.25. The average Bonchev–Trinajstić information content (AvgIpc) is 2.48. The van der Waals surface area contributed by atoms with Gasteiger partial charge in [-0.3, -0.25) is 0 Å². The number of ether oxygens (including phenoxy) is 1. The van der Waals surface area contributed by atoms with Gasteiger partial charge >= 0.3 is 0 Å². The molecule has 1 aliphatic heterocycles. The summed E-state index contributed by atoms with van der Waals surface area (Å²) in [7, 11) is 0. The zero-order chi connectivity index (χ0) is 8.72. The molecule has 2 rings (SSSR count). The largest absolute Gasteiger partial charge is 0.490 e. The lowest BCUT2D eigenvalue weighted by molar-refractivity contribution is 0.353. The van der Waals surface area contributed by atoms with E-state index in [-0.39, 0.29) is 10.3 Å². The number of nitrogens with zero attached hydrogens (tertiary/aromatic N) is 1. The molecule has 0 spiro atoms. The van der Waals surface area contributed by atoms with Crippen molar-refractivity contribution in [3.8, 4) is 5.75 Å². The third-order valence-corrected chi connectivity index (χ3v) is 2.43. The van der Waals surface area contributed by atoms with Crippen LogP contribution < -0.4 is 10.5 Å². The van der Waals surface area contributed by atoms with E-state index in [1.807, 2.05) is 0 Å². The van der Waals surface area contributed by atoms with Crippen molar-refractivity contribution >= 4 is 21.7 Å². The topological polar surface area (TPSA) is 48.1 Å². The van der Waals surface area contributed by atoms with Gasteiger partial charge in [0.25, 0.3) is 0 Å². The summed E-state index contributed by atoms with van der Waals surface area (Å²) < 4.78 is 18.5. The highest BCUT2D eigenvalue weighted by Crippen LogP contribution is 2.36. The minimum Gasteiger partial charge on any atom is -0.490 e. The second-order valence-electron chi connectivity index (χ2n) is 2.50. The Labute approximate surface area is 76.9 Å². The van der Waals surface area contributed by atoms with E-state index < -0.39 is 5.82 Å². The van der Waals surface area contributed by atoms with Crippen molar-refractivity contribution in [2.75, 3.05) is 12.3 Å². The number of fused-ring (bicyclic) bond motifs is 1. The average molecular weight is 233 g/mol. The van der Waals surface area contributed by atoms with Crippen LogP contribution in [0.25, 0.3) is 0 Å². The van der Waals surface area contributed by atoms with Crippen LogP contribution in [0.5, 0.6) is 5.75 Å². The van der Waals surface area contributed by atoms with Crippen LogP contribution in [-0.2, 0) is 6.42 Å². The highest BCUT2D eigenvalue weighted by atomic mass is 79.9. The molecule has 0 fully saturated rings. The maximum Gasteiger partial charge on any atom is 0.183 e. The van der Waals surface area contributed by atoms with Gasteiger partial charge < -0.3 is 10.5 Å². The molecule has 0 bridgehead atoms. The maximum absolute atomic E-state index is 13.1. The summed E-state index contributed by atoms with van der Waals surface area (Å²) in [5.41, 5.74) is 6.04. The van der Waals surface area contributed by atoms with Crippen molar-refractivity contribution in [1.29, 1.82) is 0 Å². The van der Waals surface area contributed by atoms with Gasteiger partial charge in [-0.1, -0.05) is 0 Å². The number of rotatable bonds is 0. The molecule has 0 atom stereocenters. The van der Waals surface area contributed by atoms with Gasteiger partial charge in [0.05, 0.1) is 12.3 Å². The second kappa shape index (κ2) is 2.58. The molecule has 64 valence electrons. The highest BCUT2D eigenvalue weighted by Gasteiger charge is 2.21. The quantitative estimate of drug-likeness (QED) is 0.738. The first-order valence-electron chi connectivity index (χ1n) is 3.46. The van der Waals surface area contributed by atoms with E-state index in [2.05, 4.69) is 20.9 Å². The zero-order valence-electron chi connectivity index (χ0n) is 6.10. The number of aromatic nitrogens is 1. The molecule has 0 saturated carbocycles. The lowest BCUT2D eigenvalue weighted by atomic mass is 10.3. The third kappa shape index (κ3) is 0.964. The fraction of sp³-hybridized carbons (Fsp3) is 0.286. The smallest absolute Gasteiger partial charge is 0.183 e. The van der Waals surface area contributed by atoms with Crippen LogP contribution in [0.1, 0.15) is 5.69 Å². The molecule has 0 radical (unpaired) electrons. The van der Waals surface area contributed by atoms with Crippen molar-refractivity contribution in [2.24, 2.45) is 0 Å². The molecule has 5 heteroatoms. The SMILES string of the molecule is Nc1nc2c(c(Br)c1F)OCC2. The molecule has 3 nitrogen and oxygen atoms in total. The Balaban J connectivity index is 2.67. The van der Waals surface area contributed by atoms with E-state index in [0.717, 1.165) is 5.69 Å². The standard InChI is InChI=1S/C7H6BrFN2O/c8-4-5(9)7(10)11-3-1-2-12-6(3)4/h1-2H2,(H2,10,11). The molecule has 1 aromatic heterocycles. The zero-order valence-corrected chi connectivity index (χ0v) is 7.69. The van der Waals surface area contributed by atoms with E-state index in [1.54, 1.807) is 0 Å². The molecule has 0 aliphatic carbocycles. The predicted molar refractivity (Wildman–Crippen MR) is 45.5 cm³/mol. The van der Waals surface area contributed by atoms with E-state index in [9.17, 15) is 4.39 Å². The number of hydrogen-bond acceptors (Lipinski definition) is 3. The lowest BCUT2D eigenvalue weighted by Crippen LogP contribution is -1.98. The van der Waals surface area contributed by atoms with E-state index in [1.165, 1.54) is 0 Å². The molecular formula is C7H6BrFN2O. The van der Waals surface area contributed by atoms with Crippen LogP contribution in [0.2, 0.25) is 0 Å². The van der Waals surface area contributed by atoms with Crippen LogP contribution in [0.15, 0.2) is 4.47 Å². The number of anilines is 1. The van der Waals surface area contributed by atoms with Gasteiger partial charge in [-0.2, -0.15) is 0 Å². The van der Waals surface area contributed by atoms with Crippen molar-refractivity contribution < 1.29 is 9.13 Å². The Kier molecular flexibility index (Phi) is 1.68. The van der Waals surface area contributed by atoms with Crippen molar-refractivity contribution in [3.63, 3.8) is 0 Å². The summed E-state index contributed by atoms with van der Waals surface area (Å²) in [6.45, 7) is 0.545. The van der Waals surface area contributed by atoms with Crippen molar-refractivity contribution in [3.05, 3.63) is 16.0 Å². The van der Waals surface area contributed by atoms with Crippen molar-refractivity contribution in [1.82, 2.24) is 4.98 Å². The Morgan fingerprint density at radius 1 is 1.58 bits per heavy atom. The number of halogens is 2. The van der Waals surface area contributed by atoms with Gasteiger partial charge in [-0.25, -0.2) is 9.37 Å². The molecule has 0 aromatic carbocycles. The minimum absolute atomic E-state index is 0.0777. The predicted octanol–water partition coefficient (Wildman–Crippen LogP) is 1.50. The molecule has 0 amide bonds. The summed E-state index contributed by atoms with van der Waals surface area (Å²) in [6.07, 6.45) is 0.693.